The number of non-ortho nitro benzene ring substituents is 1. The summed E-state index contributed by atoms with van der Waals surface area (Å²) in [7, 11) is 3.15. The van der Waals surface area contributed by atoms with E-state index >= 15 is 0 Å². The van der Waals surface area contributed by atoms with Crippen molar-refractivity contribution in [1.82, 2.24) is 9.78 Å². The fourth-order valence-electron chi connectivity index (χ4n) is 2.58. The molecule has 1 aromatic heterocycles. The van der Waals surface area contributed by atoms with Gasteiger partial charge in [-0.1, -0.05) is 0 Å². The molecule has 0 radical (unpaired) electrons. The molecule has 0 N–H and O–H groups in total. The first-order valence-corrected chi connectivity index (χ1v) is 7.97. The van der Waals surface area contributed by atoms with Crippen LogP contribution in [0.15, 0.2) is 42.5 Å². The first-order chi connectivity index (χ1) is 12.5. The van der Waals surface area contributed by atoms with Crippen LogP contribution in [0.5, 0.6) is 5.75 Å². The molecular weight excluding hydrogens is 338 g/mol. The van der Waals surface area contributed by atoms with Gasteiger partial charge >= 0.3 is 0 Å². The Labute approximate surface area is 150 Å². The van der Waals surface area contributed by atoms with Gasteiger partial charge < -0.3 is 14.2 Å². The second-order valence-electron chi connectivity index (χ2n) is 5.63. The minimum atomic E-state index is -0.419. The summed E-state index contributed by atoms with van der Waals surface area (Å²) in [5.74, 6) is 0.723. The molecule has 136 valence electrons. The summed E-state index contributed by atoms with van der Waals surface area (Å²) >= 11 is 0. The molecule has 1 atom stereocenters. The average molecular weight is 357 g/mol. The van der Waals surface area contributed by atoms with Gasteiger partial charge in [-0.3, -0.25) is 10.1 Å². The third-order valence-corrected chi connectivity index (χ3v) is 4.07. The summed E-state index contributed by atoms with van der Waals surface area (Å²) in [6.45, 7) is 1.94. The Morgan fingerprint density at radius 3 is 2.54 bits per heavy atom. The summed E-state index contributed by atoms with van der Waals surface area (Å²) in [4.78, 5) is 10.7. The summed E-state index contributed by atoms with van der Waals surface area (Å²) < 4.78 is 17.5. The van der Waals surface area contributed by atoms with E-state index in [9.17, 15) is 10.1 Å². The van der Waals surface area contributed by atoms with Crippen molar-refractivity contribution in [3.63, 3.8) is 0 Å². The van der Waals surface area contributed by atoms with Crippen LogP contribution in [0.1, 0.15) is 6.92 Å². The Balaban J connectivity index is 2.09. The number of rotatable bonds is 7. The highest BCUT2D eigenvalue weighted by atomic mass is 16.7. The molecule has 0 aliphatic heterocycles. The van der Waals surface area contributed by atoms with Gasteiger partial charge in [0.15, 0.2) is 6.29 Å². The lowest BCUT2D eigenvalue weighted by molar-refractivity contribution is -0.384. The van der Waals surface area contributed by atoms with Crippen molar-refractivity contribution in [1.29, 1.82) is 0 Å². The molecule has 3 rings (SSSR count). The first kappa shape index (κ1) is 17.8. The second-order valence-corrected chi connectivity index (χ2v) is 5.63. The lowest BCUT2D eigenvalue weighted by Gasteiger charge is -2.11. The van der Waals surface area contributed by atoms with Crippen LogP contribution in [0, 0.1) is 10.1 Å². The molecule has 0 amide bonds. The molecule has 1 heterocycles. The van der Waals surface area contributed by atoms with E-state index in [0.29, 0.717) is 11.1 Å². The van der Waals surface area contributed by atoms with E-state index in [4.69, 9.17) is 14.2 Å². The number of benzene rings is 2. The molecule has 0 saturated carbocycles. The Morgan fingerprint density at radius 1 is 1.19 bits per heavy atom. The van der Waals surface area contributed by atoms with Crippen molar-refractivity contribution in [2.45, 2.75) is 19.9 Å². The average Bonchev–Trinajstić information content (AvgIpc) is 3.04. The molecule has 8 heteroatoms. The van der Waals surface area contributed by atoms with Crippen LogP contribution < -0.4 is 4.74 Å². The zero-order valence-corrected chi connectivity index (χ0v) is 14.7. The molecule has 0 saturated heterocycles. The van der Waals surface area contributed by atoms with Crippen LogP contribution in [0.3, 0.4) is 0 Å². The Hall–Kier alpha value is -2.97. The Bertz CT molecular complexity index is 920. The SMILES string of the molecule is COc1ccc(-c2nn(COC(C)OC)c3ccc([N+](=O)[O-])cc23)cc1. The monoisotopic (exact) mass is 357 g/mol. The predicted molar refractivity (Wildman–Crippen MR) is 95.9 cm³/mol. The fraction of sp³-hybridized carbons (Fsp3) is 0.278. The number of nitro benzene ring substituents is 1. The third-order valence-electron chi connectivity index (χ3n) is 4.07. The number of methoxy groups -OCH3 is 2. The normalized spacial score (nSPS) is 12.3. The summed E-state index contributed by atoms with van der Waals surface area (Å²) in [5, 5.41) is 16.4. The zero-order chi connectivity index (χ0) is 18.7. The lowest BCUT2D eigenvalue weighted by Crippen LogP contribution is -2.14. The molecule has 0 spiro atoms. The zero-order valence-electron chi connectivity index (χ0n) is 14.7. The van der Waals surface area contributed by atoms with E-state index in [2.05, 4.69) is 5.10 Å². The first-order valence-electron chi connectivity index (χ1n) is 7.97. The number of nitro groups is 1. The lowest BCUT2D eigenvalue weighted by atomic mass is 10.1. The van der Waals surface area contributed by atoms with Gasteiger partial charge in [-0.2, -0.15) is 5.10 Å². The van der Waals surface area contributed by atoms with Crippen LogP contribution in [0.4, 0.5) is 5.69 Å². The van der Waals surface area contributed by atoms with Gasteiger partial charge in [-0.25, -0.2) is 4.68 Å². The van der Waals surface area contributed by atoms with Crippen LogP contribution in [-0.4, -0.2) is 35.2 Å². The third kappa shape index (κ3) is 3.51. The summed E-state index contributed by atoms with van der Waals surface area (Å²) in [6.07, 6.45) is -0.392. The van der Waals surface area contributed by atoms with Crippen molar-refractivity contribution < 1.29 is 19.1 Å². The van der Waals surface area contributed by atoms with Crippen molar-refractivity contribution in [2.24, 2.45) is 0 Å². The number of hydrogen-bond acceptors (Lipinski definition) is 6. The highest BCUT2D eigenvalue weighted by Crippen LogP contribution is 2.31. The molecular formula is C18H19N3O5. The van der Waals surface area contributed by atoms with E-state index in [1.54, 1.807) is 31.9 Å². The van der Waals surface area contributed by atoms with Gasteiger partial charge in [-0.15, -0.1) is 0 Å². The van der Waals surface area contributed by atoms with Crippen LogP contribution >= 0.6 is 0 Å². The van der Waals surface area contributed by atoms with Gasteiger partial charge in [0.05, 0.1) is 17.5 Å². The summed E-state index contributed by atoms with van der Waals surface area (Å²) in [6, 6.07) is 12.0. The maximum absolute atomic E-state index is 11.2. The molecule has 26 heavy (non-hydrogen) atoms. The fourth-order valence-corrected chi connectivity index (χ4v) is 2.58. The second kappa shape index (κ2) is 7.51. The van der Waals surface area contributed by atoms with Crippen molar-refractivity contribution in [3.05, 3.63) is 52.6 Å². The number of fused-ring (bicyclic) bond motifs is 1. The molecule has 0 aliphatic carbocycles. The van der Waals surface area contributed by atoms with Crippen molar-refractivity contribution in [2.75, 3.05) is 14.2 Å². The van der Waals surface area contributed by atoms with Crippen LogP contribution in [0.25, 0.3) is 22.2 Å². The quantitative estimate of drug-likeness (QED) is 0.365. The van der Waals surface area contributed by atoms with Gasteiger partial charge in [0.25, 0.3) is 5.69 Å². The van der Waals surface area contributed by atoms with Gasteiger partial charge in [0.2, 0.25) is 0 Å². The van der Waals surface area contributed by atoms with Crippen molar-refractivity contribution in [3.8, 4) is 17.0 Å². The maximum Gasteiger partial charge on any atom is 0.270 e. The molecule has 8 nitrogen and oxygen atoms in total. The minimum absolute atomic E-state index is 0.0120. The Kier molecular flexibility index (Phi) is 5.15. The van der Waals surface area contributed by atoms with Gasteiger partial charge in [0, 0.05) is 30.2 Å². The Morgan fingerprint density at radius 2 is 1.92 bits per heavy atom. The minimum Gasteiger partial charge on any atom is -0.497 e. The highest BCUT2D eigenvalue weighted by Gasteiger charge is 2.17. The van der Waals surface area contributed by atoms with Gasteiger partial charge in [-0.05, 0) is 37.3 Å². The van der Waals surface area contributed by atoms with Crippen LogP contribution in [0.2, 0.25) is 0 Å². The number of hydrogen-bond donors (Lipinski definition) is 0. The number of ether oxygens (including phenoxy) is 3. The van der Waals surface area contributed by atoms with E-state index in [-0.39, 0.29) is 12.4 Å². The topological polar surface area (TPSA) is 88.7 Å². The van der Waals surface area contributed by atoms with Crippen LogP contribution in [-0.2, 0) is 16.2 Å². The van der Waals surface area contributed by atoms with E-state index < -0.39 is 11.2 Å². The van der Waals surface area contributed by atoms with Gasteiger partial charge in [0.1, 0.15) is 18.2 Å². The molecule has 3 aromatic rings. The smallest absolute Gasteiger partial charge is 0.270 e. The molecule has 1 unspecified atom stereocenters. The van der Waals surface area contributed by atoms with E-state index in [0.717, 1.165) is 16.8 Å². The molecule has 0 aliphatic rings. The molecule has 2 aromatic carbocycles. The molecule has 0 fully saturated rings. The molecule has 0 bridgehead atoms. The largest absolute Gasteiger partial charge is 0.497 e. The predicted octanol–water partition coefficient (Wildman–Crippen LogP) is 3.59. The van der Waals surface area contributed by atoms with E-state index in [1.807, 2.05) is 24.3 Å². The maximum atomic E-state index is 11.2. The van der Waals surface area contributed by atoms with E-state index in [1.165, 1.54) is 12.1 Å². The standard InChI is InChI=1S/C18H19N3O5/c1-12(24-2)26-11-20-17-9-6-14(21(22)23)10-16(17)18(19-20)13-4-7-15(25-3)8-5-13/h4-10,12H,11H2,1-3H3. The van der Waals surface area contributed by atoms with Crippen molar-refractivity contribution >= 4 is 16.6 Å². The summed E-state index contributed by atoms with van der Waals surface area (Å²) in [5.41, 5.74) is 2.22. The highest BCUT2D eigenvalue weighted by molar-refractivity contribution is 5.94. The number of aromatic nitrogens is 2. The number of nitrogens with zero attached hydrogens (tertiary/aromatic N) is 3.